The van der Waals surface area contributed by atoms with Gasteiger partial charge in [0, 0.05) is 0 Å². The third-order valence-electron chi connectivity index (χ3n) is 1.30. The summed E-state index contributed by atoms with van der Waals surface area (Å²) in [5, 5.41) is 25.8. The molecule has 4 nitrogen and oxygen atoms in total. The van der Waals surface area contributed by atoms with Crippen molar-refractivity contribution in [3.05, 3.63) is 28.8 Å². The van der Waals surface area contributed by atoms with Crippen molar-refractivity contribution in [2.24, 2.45) is 0 Å². The first-order valence-corrected chi connectivity index (χ1v) is 3.73. The highest BCUT2D eigenvalue weighted by atomic mass is 35.5. The maximum Gasteiger partial charge on any atom is 0.707 e. The second-order valence-electron chi connectivity index (χ2n) is 2.20. The van der Waals surface area contributed by atoms with Crippen LogP contribution in [0.15, 0.2) is 18.2 Å². The molecule has 0 aliphatic rings. The van der Waals surface area contributed by atoms with Crippen LogP contribution in [0.3, 0.4) is 0 Å². The molecular formula is C7H5BClNO3. The monoisotopic (exact) mass is 197 g/mol. The van der Waals surface area contributed by atoms with Crippen molar-refractivity contribution in [2.75, 3.05) is 0 Å². The summed E-state index contributed by atoms with van der Waals surface area (Å²) in [7, 11) is -1.90. The molecule has 2 N–H and O–H groups in total. The number of rotatable bonds is 2. The lowest BCUT2D eigenvalue weighted by Crippen LogP contribution is -2.20. The fourth-order valence-corrected chi connectivity index (χ4v) is 0.945. The first-order valence-electron chi connectivity index (χ1n) is 3.36. The molecule has 13 heavy (non-hydrogen) atoms. The van der Waals surface area contributed by atoms with Crippen LogP contribution in [-0.2, 0) is 0 Å². The van der Waals surface area contributed by atoms with Crippen molar-refractivity contribution in [1.29, 1.82) is 5.26 Å². The molecule has 0 unspecified atom stereocenters. The third-order valence-corrected chi connectivity index (χ3v) is 1.63. The number of halogens is 1. The van der Waals surface area contributed by atoms with Crippen molar-refractivity contribution in [3.63, 3.8) is 0 Å². The van der Waals surface area contributed by atoms with Crippen LogP contribution < -0.4 is 4.65 Å². The summed E-state index contributed by atoms with van der Waals surface area (Å²) in [6.45, 7) is 0. The Morgan fingerprint density at radius 1 is 1.46 bits per heavy atom. The van der Waals surface area contributed by atoms with E-state index in [-0.39, 0.29) is 11.3 Å². The van der Waals surface area contributed by atoms with Crippen LogP contribution in [0.2, 0.25) is 5.02 Å². The van der Waals surface area contributed by atoms with Gasteiger partial charge in [-0.1, -0.05) is 11.6 Å². The van der Waals surface area contributed by atoms with Crippen molar-refractivity contribution in [2.45, 2.75) is 0 Å². The van der Waals surface area contributed by atoms with Crippen LogP contribution in [0.4, 0.5) is 0 Å². The lowest BCUT2D eigenvalue weighted by Gasteiger charge is -2.04. The van der Waals surface area contributed by atoms with Crippen LogP contribution in [0.25, 0.3) is 0 Å². The first-order chi connectivity index (χ1) is 6.13. The molecule has 66 valence electrons. The normalized spacial score (nSPS) is 9.08. The Bertz CT molecular complexity index is 350. The summed E-state index contributed by atoms with van der Waals surface area (Å²) in [5.74, 6) is 0.177. The van der Waals surface area contributed by atoms with Crippen molar-refractivity contribution >= 4 is 18.9 Å². The predicted octanol–water partition coefficient (Wildman–Crippen LogP) is 0.560. The molecule has 1 rings (SSSR count). The predicted molar refractivity (Wildman–Crippen MR) is 47.0 cm³/mol. The second kappa shape index (κ2) is 4.14. The molecule has 0 amide bonds. The number of hydrogen-bond donors (Lipinski definition) is 2. The van der Waals surface area contributed by atoms with Gasteiger partial charge in [0.05, 0.1) is 10.6 Å². The summed E-state index contributed by atoms with van der Waals surface area (Å²) >= 11 is 5.63. The van der Waals surface area contributed by atoms with Gasteiger partial charge in [0.1, 0.15) is 11.8 Å². The standard InChI is InChI=1S/C7H5BClNO3/c9-7-2-1-6(13-8(11)12)3-5(7)4-10/h1-3,11-12H. The van der Waals surface area contributed by atoms with Gasteiger partial charge in [-0.2, -0.15) is 5.26 Å². The van der Waals surface area contributed by atoms with E-state index in [1.54, 1.807) is 0 Å². The molecule has 0 saturated carbocycles. The van der Waals surface area contributed by atoms with Crippen molar-refractivity contribution in [1.82, 2.24) is 0 Å². The highest BCUT2D eigenvalue weighted by Crippen LogP contribution is 2.21. The van der Waals surface area contributed by atoms with Gasteiger partial charge in [0.2, 0.25) is 0 Å². The van der Waals surface area contributed by atoms with Gasteiger partial charge < -0.3 is 14.7 Å². The van der Waals surface area contributed by atoms with Crippen LogP contribution >= 0.6 is 11.6 Å². The number of benzene rings is 1. The number of nitrogens with zero attached hydrogens (tertiary/aromatic N) is 1. The SMILES string of the molecule is N#Cc1cc(OB(O)O)ccc1Cl. The highest BCUT2D eigenvalue weighted by Gasteiger charge is 2.11. The van der Waals surface area contributed by atoms with E-state index in [0.717, 1.165) is 0 Å². The molecule has 0 atom stereocenters. The van der Waals surface area contributed by atoms with E-state index in [4.69, 9.17) is 26.9 Å². The average Bonchev–Trinajstić information content (AvgIpc) is 2.07. The van der Waals surface area contributed by atoms with Gasteiger partial charge in [0.15, 0.2) is 0 Å². The maximum atomic E-state index is 8.56. The smallest absolute Gasteiger partial charge is 0.512 e. The third kappa shape index (κ3) is 2.63. The zero-order chi connectivity index (χ0) is 9.84. The van der Waals surface area contributed by atoms with Gasteiger partial charge in [-0.3, -0.25) is 0 Å². The Hall–Kier alpha value is -1.22. The minimum Gasteiger partial charge on any atom is -0.512 e. The van der Waals surface area contributed by atoms with Crippen LogP contribution in [0.5, 0.6) is 5.75 Å². The summed E-state index contributed by atoms with van der Waals surface area (Å²) < 4.78 is 4.51. The van der Waals surface area contributed by atoms with E-state index >= 15 is 0 Å². The molecular weight excluding hydrogens is 192 g/mol. The van der Waals surface area contributed by atoms with Gasteiger partial charge >= 0.3 is 7.32 Å². The minimum absolute atomic E-state index is 0.177. The zero-order valence-electron chi connectivity index (χ0n) is 6.44. The molecule has 6 heteroatoms. The van der Waals surface area contributed by atoms with Crippen LogP contribution in [-0.4, -0.2) is 17.4 Å². The molecule has 0 heterocycles. The summed E-state index contributed by atoms with van der Waals surface area (Å²) in [4.78, 5) is 0. The van der Waals surface area contributed by atoms with E-state index in [1.165, 1.54) is 18.2 Å². The highest BCUT2D eigenvalue weighted by molar-refractivity contribution is 6.34. The lowest BCUT2D eigenvalue weighted by atomic mass is 10.2. The number of hydrogen-bond acceptors (Lipinski definition) is 4. The van der Waals surface area contributed by atoms with Crippen LogP contribution in [0.1, 0.15) is 5.56 Å². The molecule has 0 aliphatic carbocycles. The Kier molecular flexibility index (Phi) is 3.15. The quantitative estimate of drug-likeness (QED) is 0.680. The summed E-state index contributed by atoms with van der Waals surface area (Å²) in [6, 6.07) is 6.03. The zero-order valence-corrected chi connectivity index (χ0v) is 7.19. The fourth-order valence-electron chi connectivity index (χ4n) is 0.785. The molecule has 0 spiro atoms. The van der Waals surface area contributed by atoms with Gasteiger partial charge in [-0.25, -0.2) is 0 Å². The molecule has 0 radical (unpaired) electrons. The summed E-state index contributed by atoms with van der Waals surface area (Å²) in [5.41, 5.74) is 0.222. The first kappa shape index (κ1) is 9.87. The topological polar surface area (TPSA) is 73.5 Å². The van der Waals surface area contributed by atoms with E-state index in [1.807, 2.05) is 6.07 Å². The molecule has 1 aromatic rings. The van der Waals surface area contributed by atoms with E-state index in [0.29, 0.717) is 5.02 Å². The van der Waals surface area contributed by atoms with E-state index in [2.05, 4.69) is 4.65 Å². The second-order valence-corrected chi connectivity index (χ2v) is 2.60. The molecule has 0 saturated heterocycles. The fraction of sp³-hybridized carbons (Fsp3) is 0. The number of nitriles is 1. The largest absolute Gasteiger partial charge is 0.707 e. The Morgan fingerprint density at radius 2 is 2.15 bits per heavy atom. The Morgan fingerprint density at radius 3 is 2.69 bits per heavy atom. The Balaban J connectivity index is 2.95. The molecule has 0 bridgehead atoms. The minimum atomic E-state index is -1.90. The van der Waals surface area contributed by atoms with E-state index in [9.17, 15) is 0 Å². The Labute approximate surface area is 80.1 Å². The van der Waals surface area contributed by atoms with E-state index < -0.39 is 7.32 Å². The van der Waals surface area contributed by atoms with Crippen molar-refractivity contribution < 1.29 is 14.7 Å². The van der Waals surface area contributed by atoms with Gasteiger partial charge in [-0.05, 0) is 18.2 Å². The van der Waals surface area contributed by atoms with Gasteiger partial charge in [0.25, 0.3) is 0 Å². The average molecular weight is 197 g/mol. The van der Waals surface area contributed by atoms with Crippen LogP contribution in [0, 0.1) is 11.3 Å². The molecule has 0 aliphatic heterocycles. The molecule has 0 fully saturated rings. The summed E-state index contributed by atoms with van der Waals surface area (Å²) in [6.07, 6.45) is 0. The maximum absolute atomic E-state index is 8.56. The lowest BCUT2D eigenvalue weighted by molar-refractivity contribution is 0.288. The molecule has 1 aromatic carbocycles. The molecule has 0 aromatic heterocycles. The van der Waals surface area contributed by atoms with Crippen molar-refractivity contribution in [3.8, 4) is 11.8 Å². The van der Waals surface area contributed by atoms with Gasteiger partial charge in [-0.15, -0.1) is 0 Å².